The Balaban J connectivity index is 2.58. The Hall–Kier alpha value is -1.37. The van der Waals surface area contributed by atoms with Gasteiger partial charge in [0.1, 0.15) is 0 Å². The van der Waals surface area contributed by atoms with Crippen molar-refractivity contribution in [3.05, 3.63) is 54.7 Å². The van der Waals surface area contributed by atoms with Gasteiger partial charge in [-0.05, 0) is 47.2 Å². The lowest BCUT2D eigenvalue weighted by molar-refractivity contribution is 0.674. The Bertz CT molecular complexity index is 610. The van der Waals surface area contributed by atoms with Crippen LogP contribution in [0.5, 0.6) is 0 Å². The highest BCUT2D eigenvalue weighted by Gasteiger charge is 2.04. The molecule has 0 atom stereocenters. The average molecular weight is 342 g/mol. The second-order valence-corrected chi connectivity index (χ2v) is 4.82. The van der Waals surface area contributed by atoms with Gasteiger partial charge in [-0.2, -0.15) is 0 Å². The molecule has 0 bridgehead atoms. The number of nitrogens with one attached hydrogen (secondary N) is 1. The fourth-order valence-corrected chi connectivity index (χ4v) is 1.96. The predicted molar refractivity (Wildman–Crippen MR) is 75.1 cm³/mol. The molecule has 0 fully saturated rings. The summed E-state index contributed by atoms with van der Waals surface area (Å²) < 4.78 is 2.27. The van der Waals surface area contributed by atoms with Crippen LogP contribution in [0.25, 0.3) is 11.3 Å². The number of halogens is 1. The smallest absolute Gasteiger partial charge is 0.307 e. The third kappa shape index (κ3) is 2.49. The molecule has 0 amide bonds. The molecule has 1 aromatic carbocycles. The fourth-order valence-electron chi connectivity index (χ4n) is 1.60. The van der Waals surface area contributed by atoms with Crippen molar-refractivity contribution in [2.24, 2.45) is 0 Å². The Labute approximate surface area is 111 Å². The Kier molecular flexibility index (Phi) is 3.46. The average Bonchev–Trinajstić information content (AvgIpc) is 2.29. The van der Waals surface area contributed by atoms with Gasteiger partial charge in [-0.15, -0.1) is 0 Å². The normalized spacial score (nSPS) is 10.5. The van der Waals surface area contributed by atoms with Gasteiger partial charge in [0.15, 0.2) is 0 Å². The van der Waals surface area contributed by atoms with Crippen LogP contribution in [-0.4, -0.2) is 9.55 Å². The maximum absolute atomic E-state index is 11.7. The van der Waals surface area contributed by atoms with Crippen LogP contribution in [0.2, 0.25) is 0 Å². The first-order chi connectivity index (χ1) is 8.11. The van der Waals surface area contributed by atoms with E-state index in [1.165, 1.54) is 6.07 Å². The van der Waals surface area contributed by atoms with E-state index < -0.39 is 0 Å². The number of hydrogen-bond acceptors (Lipinski definition) is 2. The highest BCUT2D eigenvalue weighted by atomic mass is 127. The second kappa shape index (κ2) is 4.87. The molecule has 4 nitrogen and oxygen atoms in total. The van der Waals surface area contributed by atoms with Crippen LogP contribution >= 0.6 is 22.6 Å². The maximum atomic E-state index is 11.7. The molecule has 0 aliphatic heterocycles. The van der Waals surface area contributed by atoms with Crippen molar-refractivity contribution in [3.63, 3.8) is 0 Å². The largest absolute Gasteiger partial charge is 0.328 e. The molecule has 1 aromatic heterocycles. The summed E-state index contributed by atoms with van der Waals surface area (Å²) >= 11 is 2.20. The molecular formula is C12H11IN2O2. The van der Waals surface area contributed by atoms with E-state index >= 15 is 0 Å². The first kappa shape index (κ1) is 12.1. The van der Waals surface area contributed by atoms with Crippen LogP contribution < -0.4 is 11.2 Å². The topological polar surface area (TPSA) is 54.9 Å². The zero-order chi connectivity index (χ0) is 12.4. The quantitative estimate of drug-likeness (QED) is 0.847. The minimum absolute atomic E-state index is 0.273. The summed E-state index contributed by atoms with van der Waals surface area (Å²) in [5, 5.41) is 0. The van der Waals surface area contributed by atoms with Gasteiger partial charge in [0.05, 0.1) is 5.69 Å². The fraction of sp³-hybridized carbons (Fsp3) is 0.167. The highest BCUT2D eigenvalue weighted by molar-refractivity contribution is 14.1. The van der Waals surface area contributed by atoms with E-state index in [4.69, 9.17) is 0 Å². The predicted octanol–water partition coefficient (Wildman–Crippen LogP) is 1.83. The number of aromatic nitrogens is 2. The Morgan fingerprint density at radius 1 is 1.24 bits per heavy atom. The molecule has 0 unspecified atom stereocenters. The Morgan fingerprint density at radius 2 is 1.88 bits per heavy atom. The van der Waals surface area contributed by atoms with Gasteiger partial charge >= 0.3 is 5.69 Å². The summed E-state index contributed by atoms with van der Waals surface area (Å²) in [7, 11) is 0. The SMILES string of the molecule is CCn1c(=O)cc(-c2ccc(I)cc2)[nH]c1=O. The lowest BCUT2D eigenvalue weighted by atomic mass is 10.1. The lowest BCUT2D eigenvalue weighted by Gasteiger charge is -2.04. The molecule has 2 rings (SSSR count). The van der Waals surface area contributed by atoms with Gasteiger partial charge < -0.3 is 4.98 Å². The lowest BCUT2D eigenvalue weighted by Crippen LogP contribution is -2.34. The van der Waals surface area contributed by atoms with Gasteiger partial charge in [0.25, 0.3) is 5.56 Å². The molecule has 88 valence electrons. The van der Waals surface area contributed by atoms with Crippen molar-refractivity contribution in [2.45, 2.75) is 13.5 Å². The van der Waals surface area contributed by atoms with Crippen LogP contribution in [0.1, 0.15) is 6.92 Å². The van der Waals surface area contributed by atoms with Gasteiger partial charge in [-0.1, -0.05) is 12.1 Å². The van der Waals surface area contributed by atoms with Gasteiger partial charge in [-0.3, -0.25) is 9.36 Å². The molecule has 0 aliphatic rings. The summed E-state index contributed by atoms with van der Waals surface area (Å²) in [6.45, 7) is 2.14. The van der Waals surface area contributed by atoms with Crippen LogP contribution in [0, 0.1) is 3.57 Å². The first-order valence-corrected chi connectivity index (χ1v) is 6.30. The van der Waals surface area contributed by atoms with Crippen molar-refractivity contribution >= 4 is 22.6 Å². The van der Waals surface area contributed by atoms with Gasteiger partial charge in [0.2, 0.25) is 0 Å². The van der Waals surface area contributed by atoms with Crippen LogP contribution in [0.3, 0.4) is 0 Å². The van der Waals surface area contributed by atoms with E-state index in [0.717, 1.165) is 13.7 Å². The third-order valence-electron chi connectivity index (χ3n) is 2.49. The minimum Gasteiger partial charge on any atom is -0.307 e. The van der Waals surface area contributed by atoms with Crippen LogP contribution in [0.4, 0.5) is 0 Å². The molecule has 0 saturated heterocycles. The molecule has 17 heavy (non-hydrogen) atoms. The molecule has 1 heterocycles. The van der Waals surface area contributed by atoms with E-state index in [1.54, 1.807) is 6.92 Å². The van der Waals surface area contributed by atoms with E-state index in [-0.39, 0.29) is 11.2 Å². The maximum Gasteiger partial charge on any atom is 0.328 e. The van der Waals surface area contributed by atoms with Crippen molar-refractivity contribution in [1.29, 1.82) is 0 Å². The number of H-pyrrole nitrogens is 1. The molecule has 0 saturated carbocycles. The molecular weight excluding hydrogens is 331 g/mol. The molecule has 0 aliphatic carbocycles. The van der Waals surface area contributed by atoms with Crippen LogP contribution in [-0.2, 0) is 6.54 Å². The van der Waals surface area contributed by atoms with E-state index in [9.17, 15) is 9.59 Å². The van der Waals surface area contributed by atoms with Crippen molar-refractivity contribution in [2.75, 3.05) is 0 Å². The molecule has 0 spiro atoms. The van der Waals surface area contributed by atoms with Crippen LogP contribution in [0.15, 0.2) is 39.9 Å². The number of rotatable bonds is 2. The number of benzene rings is 1. The monoisotopic (exact) mass is 342 g/mol. The Morgan fingerprint density at radius 3 is 2.41 bits per heavy atom. The van der Waals surface area contributed by atoms with E-state index in [2.05, 4.69) is 27.6 Å². The zero-order valence-corrected chi connectivity index (χ0v) is 11.4. The summed E-state index contributed by atoms with van der Waals surface area (Å²) in [5.74, 6) is 0. The molecule has 1 N–H and O–H groups in total. The molecule has 0 radical (unpaired) electrons. The van der Waals surface area contributed by atoms with Gasteiger partial charge in [0, 0.05) is 16.2 Å². The van der Waals surface area contributed by atoms with Crippen molar-refractivity contribution in [1.82, 2.24) is 9.55 Å². The molecule has 5 heteroatoms. The number of hydrogen-bond donors (Lipinski definition) is 1. The first-order valence-electron chi connectivity index (χ1n) is 5.22. The summed E-state index contributed by atoms with van der Waals surface area (Å²) in [6.07, 6.45) is 0. The summed E-state index contributed by atoms with van der Waals surface area (Å²) in [6, 6.07) is 9.07. The number of nitrogens with zero attached hydrogens (tertiary/aromatic N) is 1. The zero-order valence-electron chi connectivity index (χ0n) is 9.24. The van der Waals surface area contributed by atoms with Crippen molar-refractivity contribution < 1.29 is 0 Å². The third-order valence-corrected chi connectivity index (χ3v) is 3.21. The number of aromatic amines is 1. The minimum atomic E-state index is -0.367. The highest BCUT2D eigenvalue weighted by Crippen LogP contribution is 2.15. The second-order valence-electron chi connectivity index (χ2n) is 3.58. The van der Waals surface area contributed by atoms with Gasteiger partial charge in [-0.25, -0.2) is 4.79 Å². The van der Waals surface area contributed by atoms with Crippen molar-refractivity contribution in [3.8, 4) is 11.3 Å². The van der Waals surface area contributed by atoms with E-state index in [1.807, 2.05) is 24.3 Å². The molecule has 2 aromatic rings. The summed E-state index contributed by atoms with van der Waals surface area (Å²) in [5.41, 5.74) is 0.752. The van der Waals surface area contributed by atoms with E-state index in [0.29, 0.717) is 12.2 Å². The standard InChI is InChI=1S/C12H11IN2O2/c1-2-15-11(16)7-10(14-12(15)17)8-3-5-9(13)6-4-8/h3-7H,2H2,1H3,(H,14,17). The summed E-state index contributed by atoms with van der Waals surface area (Å²) in [4.78, 5) is 26.0.